The molecule has 32 heavy (non-hydrogen) atoms. The number of unbranched alkanes of at least 4 members (excludes halogenated alkanes) is 6. The van der Waals surface area contributed by atoms with Crippen molar-refractivity contribution in [3.8, 4) is 0 Å². The second-order valence-corrected chi connectivity index (χ2v) is 8.91. The molecule has 1 saturated carbocycles. The molecule has 2 rings (SSSR count). The molecule has 0 radical (unpaired) electrons. The van der Waals surface area contributed by atoms with Crippen molar-refractivity contribution >= 4 is 17.3 Å². The van der Waals surface area contributed by atoms with E-state index >= 15 is 0 Å². The van der Waals surface area contributed by atoms with Crippen LogP contribution in [0.4, 0.5) is 11.4 Å². The van der Waals surface area contributed by atoms with Gasteiger partial charge in [-0.2, -0.15) is 0 Å². The lowest BCUT2D eigenvalue weighted by atomic mass is 9.87. The molecule has 0 spiro atoms. The van der Waals surface area contributed by atoms with Gasteiger partial charge in [-0.3, -0.25) is 25.0 Å². The van der Waals surface area contributed by atoms with Crippen LogP contribution >= 0.6 is 0 Å². The van der Waals surface area contributed by atoms with Crippen LogP contribution in [0, 0.1) is 25.6 Å². The van der Waals surface area contributed by atoms with Crippen LogP contribution in [0.5, 0.6) is 0 Å². The monoisotopic (exact) mass is 451 g/mol. The highest BCUT2D eigenvalue weighted by molar-refractivity contribution is 5.82. The smallest absolute Gasteiger partial charge is 0.279 e. The topological polar surface area (TPSA) is 156 Å². The molecular weight excluding hydrogens is 418 g/mol. The van der Waals surface area contributed by atoms with Crippen molar-refractivity contribution in [1.29, 1.82) is 0 Å². The van der Waals surface area contributed by atoms with E-state index in [0.29, 0.717) is 18.5 Å². The number of carbonyl (C=O) groups excluding carboxylic acids is 1. The Kier molecular flexibility index (Phi) is 9.52. The predicted molar refractivity (Wildman–Crippen MR) is 118 cm³/mol. The summed E-state index contributed by atoms with van der Waals surface area (Å²) in [5.74, 6) is -0.117. The molecule has 1 aliphatic rings. The number of nitrogens with zero attached hydrogens (tertiary/aromatic N) is 2. The first kappa shape index (κ1) is 25.7. The second-order valence-electron chi connectivity index (χ2n) is 8.91. The van der Waals surface area contributed by atoms with E-state index in [9.17, 15) is 35.2 Å². The number of amides is 1. The van der Waals surface area contributed by atoms with Gasteiger partial charge in [0.2, 0.25) is 5.91 Å². The molecule has 1 aromatic carbocycles. The van der Waals surface area contributed by atoms with Crippen LogP contribution in [-0.2, 0) is 11.2 Å². The third-order valence-electron chi connectivity index (χ3n) is 6.20. The normalized spacial score (nSPS) is 22.6. The highest BCUT2D eigenvalue weighted by Crippen LogP contribution is 2.38. The maximum atomic E-state index is 12.3. The van der Waals surface area contributed by atoms with Crippen molar-refractivity contribution in [1.82, 2.24) is 5.32 Å². The van der Waals surface area contributed by atoms with Gasteiger partial charge in [-0.25, -0.2) is 0 Å². The number of nitro groups is 2. The van der Waals surface area contributed by atoms with Gasteiger partial charge in [0, 0.05) is 18.2 Å². The Hall–Kier alpha value is -2.59. The summed E-state index contributed by atoms with van der Waals surface area (Å²) in [6, 6.07) is 3.79. The van der Waals surface area contributed by atoms with E-state index in [1.54, 1.807) is 6.92 Å². The molecule has 0 aliphatic heterocycles. The van der Waals surface area contributed by atoms with E-state index < -0.39 is 27.5 Å². The average molecular weight is 452 g/mol. The van der Waals surface area contributed by atoms with Crippen LogP contribution in [0.15, 0.2) is 18.2 Å². The fourth-order valence-electron chi connectivity index (χ4n) is 4.25. The molecule has 0 saturated heterocycles. The number of nitrogens with one attached hydrogen (secondary N) is 1. The van der Waals surface area contributed by atoms with Gasteiger partial charge in [-0.15, -0.1) is 0 Å². The Labute approximate surface area is 187 Å². The second kappa shape index (κ2) is 11.9. The molecule has 0 aromatic heterocycles. The van der Waals surface area contributed by atoms with Crippen LogP contribution < -0.4 is 5.32 Å². The number of benzene rings is 1. The maximum absolute atomic E-state index is 12.3. The van der Waals surface area contributed by atoms with Crippen molar-refractivity contribution in [3.63, 3.8) is 0 Å². The van der Waals surface area contributed by atoms with Gasteiger partial charge in [0.15, 0.2) is 0 Å². The lowest BCUT2D eigenvalue weighted by Crippen LogP contribution is -2.38. The predicted octanol–water partition coefficient (Wildman–Crippen LogP) is 3.41. The summed E-state index contributed by atoms with van der Waals surface area (Å²) in [5.41, 5.74) is -0.661. The van der Waals surface area contributed by atoms with Crippen molar-refractivity contribution in [2.75, 3.05) is 6.54 Å². The van der Waals surface area contributed by atoms with Crippen molar-refractivity contribution in [2.45, 2.75) is 83.3 Å². The number of hydrogen-bond acceptors (Lipinski definition) is 7. The van der Waals surface area contributed by atoms with Crippen LogP contribution in [0.1, 0.15) is 70.3 Å². The summed E-state index contributed by atoms with van der Waals surface area (Å²) in [6.45, 7) is 2.34. The third kappa shape index (κ3) is 7.23. The zero-order valence-corrected chi connectivity index (χ0v) is 18.5. The number of rotatable bonds is 13. The van der Waals surface area contributed by atoms with Crippen LogP contribution in [0.2, 0.25) is 0 Å². The van der Waals surface area contributed by atoms with Gasteiger partial charge < -0.3 is 15.5 Å². The van der Waals surface area contributed by atoms with Crippen molar-refractivity contribution < 1.29 is 24.9 Å². The largest absolute Gasteiger partial charge is 0.390 e. The quantitative estimate of drug-likeness (QED) is 0.236. The maximum Gasteiger partial charge on any atom is 0.279 e. The minimum Gasteiger partial charge on any atom is -0.390 e. The lowest BCUT2D eigenvalue weighted by Gasteiger charge is -2.22. The van der Waals surface area contributed by atoms with Gasteiger partial charge in [0.05, 0.1) is 33.5 Å². The Morgan fingerprint density at radius 2 is 1.56 bits per heavy atom. The molecule has 0 heterocycles. The fraction of sp³-hybridized carbons (Fsp3) is 0.682. The van der Waals surface area contributed by atoms with E-state index in [2.05, 4.69) is 5.32 Å². The standard InChI is InChI=1S/C22H33N3O7/c1-22(14-19(26)20(27)15-22)21(28)23-12-8-6-4-2-3-5-7-9-16-10-11-17(24(29)30)13-18(16)25(31)32/h10-11,13,19-20,26-27H,2-9,12,14-15H2,1H3,(H,23,28). The van der Waals surface area contributed by atoms with Gasteiger partial charge in [0.25, 0.3) is 11.4 Å². The van der Waals surface area contributed by atoms with E-state index in [4.69, 9.17) is 0 Å². The van der Waals surface area contributed by atoms with Crippen molar-refractivity contribution in [3.05, 3.63) is 44.0 Å². The highest BCUT2D eigenvalue weighted by atomic mass is 16.6. The first-order valence-corrected chi connectivity index (χ1v) is 11.2. The van der Waals surface area contributed by atoms with E-state index in [1.165, 1.54) is 12.1 Å². The van der Waals surface area contributed by atoms with E-state index in [1.807, 2.05) is 0 Å². The van der Waals surface area contributed by atoms with E-state index in [-0.39, 0.29) is 30.1 Å². The molecule has 1 aromatic rings. The van der Waals surface area contributed by atoms with Crippen LogP contribution in [-0.4, -0.2) is 44.7 Å². The van der Waals surface area contributed by atoms with Gasteiger partial charge in [-0.1, -0.05) is 39.0 Å². The third-order valence-corrected chi connectivity index (χ3v) is 6.20. The number of hydrogen-bond donors (Lipinski definition) is 3. The van der Waals surface area contributed by atoms with Crippen LogP contribution in [0.25, 0.3) is 0 Å². The number of aryl methyl sites for hydroxylation is 1. The Bertz CT molecular complexity index is 805. The van der Waals surface area contributed by atoms with Gasteiger partial charge in [0.1, 0.15) is 0 Å². The molecule has 1 fully saturated rings. The zero-order chi connectivity index (χ0) is 23.7. The number of carbonyl (C=O) groups is 1. The first-order valence-electron chi connectivity index (χ1n) is 11.2. The van der Waals surface area contributed by atoms with Gasteiger partial charge in [-0.05, 0) is 38.2 Å². The molecule has 2 unspecified atom stereocenters. The minimum atomic E-state index is -0.836. The van der Waals surface area contributed by atoms with Crippen molar-refractivity contribution in [2.24, 2.45) is 5.41 Å². The SMILES string of the molecule is CC1(C(=O)NCCCCCCCCCc2ccc([N+](=O)[O-])cc2[N+](=O)[O-])CC(O)C(O)C1. The minimum absolute atomic E-state index is 0.117. The molecule has 10 nitrogen and oxygen atoms in total. The number of nitro benzene ring substituents is 2. The molecule has 3 N–H and O–H groups in total. The summed E-state index contributed by atoms with van der Waals surface area (Å²) >= 11 is 0. The average Bonchev–Trinajstić information content (AvgIpc) is 3.01. The number of aliphatic hydroxyl groups is 2. The fourth-order valence-corrected chi connectivity index (χ4v) is 4.25. The molecule has 1 amide bonds. The summed E-state index contributed by atoms with van der Waals surface area (Å²) in [4.78, 5) is 33.0. The summed E-state index contributed by atoms with van der Waals surface area (Å²) in [6.07, 6.45) is 6.02. The zero-order valence-electron chi connectivity index (χ0n) is 18.5. The summed E-state index contributed by atoms with van der Waals surface area (Å²) in [7, 11) is 0. The number of aliphatic hydroxyl groups excluding tert-OH is 2. The van der Waals surface area contributed by atoms with Gasteiger partial charge >= 0.3 is 0 Å². The highest BCUT2D eigenvalue weighted by Gasteiger charge is 2.45. The Morgan fingerprint density at radius 3 is 2.12 bits per heavy atom. The Morgan fingerprint density at radius 1 is 1.00 bits per heavy atom. The first-order chi connectivity index (χ1) is 15.1. The molecular formula is C22H33N3O7. The van der Waals surface area contributed by atoms with Crippen LogP contribution in [0.3, 0.4) is 0 Å². The summed E-state index contributed by atoms with van der Waals surface area (Å²) in [5, 5.41) is 44.2. The molecule has 0 bridgehead atoms. The number of non-ortho nitro benzene ring substituents is 1. The molecule has 178 valence electrons. The van der Waals surface area contributed by atoms with E-state index in [0.717, 1.165) is 51.0 Å². The Balaban J connectivity index is 1.56. The molecule has 2 atom stereocenters. The molecule has 10 heteroatoms. The summed E-state index contributed by atoms with van der Waals surface area (Å²) < 4.78 is 0. The lowest BCUT2D eigenvalue weighted by molar-refractivity contribution is -0.394. The molecule has 1 aliphatic carbocycles.